The number of pyridine rings is 1. The fourth-order valence-electron chi connectivity index (χ4n) is 0.811. The maximum Gasteiger partial charge on any atom is 0.142 e. The molecule has 0 aromatic carbocycles. The number of halogens is 1. The Balaban J connectivity index is 2.83. The van der Waals surface area contributed by atoms with Crippen molar-refractivity contribution >= 4 is 11.6 Å². The number of hydrogen-bond donors (Lipinski definition) is 0. The van der Waals surface area contributed by atoms with Crippen LogP contribution in [-0.2, 0) is 5.88 Å². The molecule has 0 aliphatic heterocycles. The third-order valence-electron chi connectivity index (χ3n) is 1.27. The third kappa shape index (κ3) is 2.09. The lowest BCUT2D eigenvalue weighted by Crippen LogP contribution is -1.96. The van der Waals surface area contributed by atoms with Crippen molar-refractivity contribution in [3.05, 3.63) is 24.0 Å². The normalized spacial score (nSPS) is 9.64. The van der Waals surface area contributed by atoms with Crippen LogP contribution in [0.3, 0.4) is 0 Å². The maximum atomic E-state index is 5.63. The average Bonchev–Trinajstić information content (AvgIpc) is 2.06. The molecule has 11 heavy (non-hydrogen) atoms. The van der Waals surface area contributed by atoms with Crippen molar-refractivity contribution in [3.8, 4) is 5.75 Å². The molecular formula is C8H10ClNO. The Morgan fingerprint density at radius 1 is 1.64 bits per heavy atom. The van der Waals surface area contributed by atoms with Gasteiger partial charge in [0, 0.05) is 6.20 Å². The second-order valence-electron chi connectivity index (χ2n) is 2.01. The number of aromatic nitrogens is 1. The molecule has 0 aliphatic rings. The van der Waals surface area contributed by atoms with Gasteiger partial charge in [0.1, 0.15) is 5.75 Å². The fraction of sp³-hybridized carbons (Fsp3) is 0.375. The molecule has 0 atom stereocenters. The van der Waals surface area contributed by atoms with Gasteiger partial charge < -0.3 is 4.74 Å². The van der Waals surface area contributed by atoms with Crippen molar-refractivity contribution in [2.75, 3.05) is 6.61 Å². The van der Waals surface area contributed by atoms with Crippen LogP contribution in [0.2, 0.25) is 0 Å². The predicted molar refractivity (Wildman–Crippen MR) is 45.0 cm³/mol. The van der Waals surface area contributed by atoms with Crippen LogP contribution in [0.15, 0.2) is 18.3 Å². The quantitative estimate of drug-likeness (QED) is 0.651. The van der Waals surface area contributed by atoms with Gasteiger partial charge in [-0.15, -0.1) is 11.6 Å². The van der Waals surface area contributed by atoms with E-state index in [1.807, 2.05) is 19.1 Å². The molecule has 0 bridgehead atoms. The molecule has 0 radical (unpaired) electrons. The second-order valence-corrected chi connectivity index (χ2v) is 2.28. The van der Waals surface area contributed by atoms with Crippen LogP contribution in [0.1, 0.15) is 12.6 Å². The van der Waals surface area contributed by atoms with Crippen molar-refractivity contribution in [2.45, 2.75) is 12.8 Å². The highest BCUT2D eigenvalue weighted by molar-refractivity contribution is 6.17. The molecule has 60 valence electrons. The van der Waals surface area contributed by atoms with E-state index in [-0.39, 0.29) is 0 Å². The molecule has 0 N–H and O–H groups in total. The first-order valence-electron chi connectivity index (χ1n) is 3.51. The van der Waals surface area contributed by atoms with Crippen molar-refractivity contribution in [3.63, 3.8) is 0 Å². The largest absolute Gasteiger partial charge is 0.492 e. The standard InChI is InChI=1S/C8H10ClNO/c1-2-11-8-4-3-5-10-7(8)6-9/h3-5H,2,6H2,1H3. The summed E-state index contributed by atoms with van der Waals surface area (Å²) in [6.07, 6.45) is 1.71. The summed E-state index contributed by atoms with van der Waals surface area (Å²) in [5.41, 5.74) is 0.802. The van der Waals surface area contributed by atoms with Gasteiger partial charge in [-0.3, -0.25) is 4.98 Å². The molecule has 0 spiro atoms. The van der Waals surface area contributed by atoms with Gasteiger partial charge in [0.2, 0.25) is 0 Å². The van der Waals surface area contributed by atoms with Gasteiger partial charge in [0.05, 0.1) is 18.2 Å². The van der Waals surface area contributed by atoms with E-state index in [4.69, 9.17) is 16.3 Å². The van der Waals surface area contributed by atoms with E-state index in [0.29, 0.717) is 12.5 Å². The average molecular weight is 172 g/mol. The van der Waals surface area contributed by atoms with E-state index in [2.05, 4.69) is 4.98 Å². The highest BCUT2D eigenvalue weighted by Gasteiger charge is 2.00. The number of ether oxygens (including phenoxy) is 1. The molecular weight excluding hydrogens is 162 g/mol. The fourth-order valence-corrected chi connectivity index (χ4v) is 1.01. The lowest BCUT2D eigenvalue weighted by atomic mass is 10.3. The maximum absolute atomic E-state index is 5.63. The Hall–Kier alpha value is -0.760. The van der Waals surface area contributed by atoms with Gasteiger partial charge in [-0.25, -0.2) is 0 Å². The first kappa shape index (κ1) is 8.34. The minimum atomic E-state index is 0.399. The zero-order valence-electron chi connectivity index (χ0n) is 6.38. The predicted octanol–water partition coefficient (Wildman–Crippen LogP) is 2.22. The molecule has 0 amide bonds. The van der Waals surface area contributed by atoms with Gasteiger partial charge in [-0.2, -0.15) is 0 Å². The van der Waals surface area contributed by atoms with Crippen molar-refractivity contribution in [2.24, 2.45) is 0 Å². The van der Waals surface area contributed by atoms with Gasteiger partial charge in [-0.05, 0) is 19.1 Å². The summed E-state index contributed by atoms with van der Waals surface area (Å²) in [7, 11) is 0. The molecule has 0 unspecified atom stereocenters. The third-order valence-corrected chi connectivity index (χ3v) is 1.53. The van der Waals surface area contributed by atoms with E-state index >= 15 is 0 Å². The topological polar surface area (TPSA) is 22.1 Å². The summed E-state index contributed by atoms with van der Waals surface area (Å²) in [5.74, 6) is 1.18. The second kappa shape index (κ2) is 4.19. The smallest absolute Gasteiger partial charge is 0.142 e. The van der Waals surface area contributed by atoms with Crippen molar-refractivity contribution in [1.29, 1.82) is 0 Å². The molecule has 0 aliphatic carbocycles. The molecule has 0 fully saturated rings. The Morgan fingerprint density at radius 3 is 3.09 bits per heavy atom. The molecule has 1 aromatic rings. The van der Waals surface area contributed by atoms with Gasteiger partial charge in [-0.1, -0.05) is 0 Å². The highest BCUT2D eigenvalue weighted by atomic mass is 35.5. The summed E-state index contributed by atoms with van der Waals surface area (Å²) < 4.78 is 5.28. The van der Waals surface area contributed by atoms with E-state index in [1.54, 1.807) is 6.20 Å². The van der Waals surface area contributed by atoms with Crippen LogP contribution in [0.4, 0.5) is 0 Å². The SMILES string of the molecule is CCOc1cccnc1CCl. The summed E-state index contributed by atoms with van der Waals surface area (Å²) >= 11 is 5.63. The van der Waals surface area contributed by atoms with Crippen LogP contribution >= 0.6 is 11.6 Å². The minimum absolute atomic E-state index is 0.399. The van der Waals surface area contributed by atoms with E-state index in [1.165, 1.54) is 0 Å². The monoisotopic (exact) mass is 171 g/mol. The Morgan fingerprint density at radius 2 is 2.45 bits per heavy atom. The van der Waals surface area contributed by atoms with E-state index in [0.717, 1.165) is 11.4 Å². The Bertz CT molecular complexity index is 227. The summed E-state index contributed by atoms with van der Waals surface area (Å²) in [4.78, 5) is 4.06. The number of alkyl halides is 1. The van der Waals surface area contributed by atoms with Crippen molar-refractivity contribution < 1.29 is 4.74 Å². The number of rotatable bonds is 3. The van der Waals surface area contributed by atoms with E-state index in [9.17, 15) is 0 Å². The molecule has 2 nitrogen and oxygen atoms in total. The first-order valence-corrected chi connectivity index (χ1v) is 4.04. The highest BCUT2D eigenvalue weighted by Crippen LogP contribution is 2.16. The lowest BCUT2D eigenvalue weighted by Gasteiger charge is -2.05. The zero-order chi connectivity index (χ0) is 8.10. The van der Waals surface area contributed by atoms with E-state index < -0.39 is 0 Å². The van der Waals surface area contributed by atoms with Crippen LogP contribution in [0.5, 0.6) is 5.75 Å². The van der Waals surface area contributed by atoms with Gasteiger partial charge >= 0.3 is 0 Å². The lowest BCUT2D eigenvalue weighted by molar-refractivity contribution is 0.336. The van der Waals surface area contributed by atoms with Crippen LogP contribution in [0.25, 0.3) is 0 Å². The minimum Gasteiger partial charge on any atom is -0.492 e. The van der Waals surface area contributed by atoms with Gasteiger partial charge in [0.25, 0.3) is 0 Å². The zero-order valence-corrected chi connectivity index (χ0v) is 7.14. The van der Waals surface area contributed by atoms with Crippen LogP contribution < -0.4 is 4.74 Å². The molecule has 3 heteroatoms. The number of nitrogens with zero attached hydrogens (tertiary/aromatic N) is 1. The molecule has 0 saturated carbocycles. The molecule has 0 saturated heterocycles. The van der Waals surface area contributed by atoms with Crippen molar-refractivity contribution in [1.82, 2.24) is 4.98 Å². The van der Waals surface area contributed by atoms with Gasteiger partial charge in [0.15, 0.2) is 0 Å². The van der Waals surface area contributed by atoms with Crippen LogP contribution in [0, 0.1) is 0 Å². The first-order chi connectivity index (χ1) is 5.38. The summed E-state index contributed by atoms with van der Waals surface area (Å²) in [5, 5.41) is 0. The Labute approximate surface area is 71.2 Å². The number of hydrogen-bond acceptors (Lipinski definition) is 2. The summed E-state index contributed by atoms with van der Waals surface area (Å²) in [6, 6.07) is 3.70. The molecule has 1 aromatic heterocycles. The molecule has 1 rings (SSSR count). The summed E-state index contributed by atoms with van der Waals surface area (Å²) in [6.45, 7) is 2.58. The van der Waals surface area contributed by atoms with Crippen LogP contribution in [-0.4, -0.2) is 11.6 Å². The molecule has 1 heterocycles. The Kier molecular flexibility index (Phi) is 3.17.